The summed E-state index contributed by atoms with van der Waals surface area (Å²) in [7, 11) is 4.52. The fraction of sp³-hybridized carbons (Fsp3) is 0.278. The molecule has 0 unspecified atom stereocenters. The van der Waals surface area contributed by atoms with Gasteiger partial charge in [0, 0.05) is 5.56 Å². The summed E-state index contributed by atoms with van der Waals surface area (Å²) in [4.78, 5) is 12.3. The Labute approximate surface area is 146 Å². The Morgan fingerprint density at radius 1 is 1.00 bits per heavy atom. The van der Waals surface area contributed by atoms with Gasteiger partial charge in [-0.1, -0.05) is 23.2 Å². The Bertz CT molecular complexity index is 742. The lowest BCUT2D eigenvalue weighted by Crippen LogP contribution is -2.07. The van der Waals surface area contributed by atoms with E-state index in [0.717, 1.165) is 11.1 Å². The monoisotopic (exact) mass is 350 g/mol. The normalized spacial score (nSPS) is 10.2. The number of carbonyl (C=O) groups excluding carboxylic acids is 1. The number of hydrogen-bond acceptors (Lipinski definition) is 5. The predicted molar refractivity (Wildman–Crippen MR) is 91.4 cm³/mol. The van der Waals surface area contributed by atoms with Crippen LogP contribution in [0, 0.1) is 6.92 Å². The number of methoxy groups -OCH3 is 3. The van der Waals surface area contributed by atoms with Crippen molar-refractivity contribution in [2.45, 2.75) is 13.5 Å². The average molecular weight is 351 g/mol. The second-order valence-corrected chi connectivity index (χ2v) is 5.49. The van der Waals surface area contributed by atoms with Gasteiger partial charge in [-0.05, 0) is 31.2 Å². The van der Waals surface area contributed by atoms with E-state index in [0.29, 0.717) is 17.2 Å². The minimum Gasteiger partial charge on any atom is -0.496 e. The molecule has 2 aromatic rings. The minimum absolute atomic E-state index is 0.0929. The van der Waals surface area contributed by atoms with E-state index in [4.69, 9.17) is 30.5 Å². The third-order valence-electron chi connectivity index (χ3n) is 3.46. The van der Waals surface area contributed by atoms with Gasteiger partial charge in [-0.3, -0.25) is 0 Å². The minimum atomic E-state index is -0.513. The zero-order chi connectivity index (χ0) is 17.7. The highest BCUT2D eigenvalue weighted by Crippen LogP contribution is 2.36. The molecule has 2 aromatic carbocycles. The Morgan fingerprint density at radius 2 is 1.71 bits per heavy atom. The van der Waals surface area contributed by atoms with E-state index in [1.165, 1.54) is 26.4 Å². The van der Waals surface area contributed by atoms with E-state index in [-0.39, 0.29) is 17.2 Å². The van der Waals surface area contributed by atoms with Crippen molar-refractivity contribution < 1.29 is 23.7 Å². The maximum Gasteiger partial charge on any atom is 0.338 e. The fourth-order valence-corrected chi connectivity index (χ4v) is 2.57. The van der Waals surface area contributed by atoms with Crippen molar-refractivity contribution in [3.05, 3.63) is 52.0 Å². The zero-order valence-electron chi connectivity index (χ0n) is 14.0. The summed E-state index contributed by atoms with van der Waals surface area (Å²) in [6.07, 6.45) is 0. The lowest BCUT2D eigenvalue weighted by atomic mass is 10.1. The molecule has 2 rings (SSSR count). The third kappa shape index (κ3) is 3.92. The number of ether oxygens (including phenoxy) is 4. The van der Waals surface area contributed by atoms with Crippen LogP contribution in [0.25, 0.3) is 0 Å². The zero-order valence-corrected chi connectivity index (χ0v) is 14.8. The van der Waals surface area contributed by atoms with Gasteiger partial charge < -0.3 is 18.9 Å². The van der Waals surface area contributed by atoms with Crippen molar-refractivity contribution in [3.63, 3.8) is 0 Å². The van der Waals surface area contributed by atoms with Crippen molar-refractivity contribution in [2.75, 3.05) is 21.3 Å². The summed E-state index contributed by atoms with van der Waals surface area (Å²) in [5.41, 5.74) is 2.12. The van der Waals surface area contributed by atoms with Gasteiger partial charge in [0.15, 0.2) is 11.5 Å². The number of rotatable bonds is 6. The largest absolute Gasteiger partial charge is 0.496 e. The van der Waals surface area contributed by atoms with E-state index in [1.807, 2.05) is 25.1 Å². The van der Waals surface area contributed by atoms with Crippen molar-refractivity contribution in [2.24, 2.45) is 0 Å². The Hall–Kier alpha value is -2.40. The maximum atomic E-state index is 12.3. The molecule has 0 spiro atoms. The summed E-state index contributed by atoms with van der Waals surface area (Å²) in [6.45, 7) is 2.05. The van der Waals surface area contributed by atoms with Crippen LogP contribution < -0.4 is 14.2 Å². The molecule has 0 heterocycles. The summed E-state index contributed by atoms with van der Waals surface area (Å²) in [5.74, 6) is 0.890. The number of carbonyl (C=O) groups is 1. The van der Waals surface area contributed by atoms with E-state index in [1.54, 1.807) is 7.11 Å². The number of esters is 1. The van der Waals surface area contributed by atoms with Crippen LogP contribution >= 0.6 is 11.6 Å². The summed E-state index contributed by atoms with van der Waals surface area (Å²) < 4.78 is 21.0. The molecule has 0 aliphatic heterocycles. The molecule has 0 fully saturated rings. The standard InChI is InChI=1S/C18H19ClO5/c1-11-5-6-15(21-2)13(7-11)10-24-18(20)12-8-14(19)17(23-4)16(9-12)22-3/h5-9H,10H2,1-4H3. The highest BCUT2D eigenvalue weighted by molar-refractivity contribution is 6.32. The van der Waals surface area contributed by atoms with E-state index in [2.05, 4.69) is 0 Å². The van der Waals surface area contributed by atoms with Gasteiger partial charge >= 0.3 is 5.97 Å². The van der Waals surface area contributed by atoms with E-state index < -0.39 is 5.97 Å². The molecule has 0 aliphatic carbocycles. The average Bonchev–Trinajstić information content (AvgIpc) is 2.58. The highest BCUT2D eigenvalue weighted by atomic mass is 35.5. The van der Waals surface area contributed by atoms with Crippen LogP contribution in [-0.2, 0) is 11.3 Å². The Kier molecular flexibility index (Phi) is 5.93. The first-order valence-electron chi connectivity index (χ1n) is 7.22. The van der Waals surface area contributed by atoms with E-state index >= 15 is 0 Å². The molecule has 6 heteroatoms. The van der Waals surface area contributed by atoms with Crippen LogP contribution in [0.1, 0.15) is 21.5 Å². The maximum absolute atomic E-state index is 12.3. The Balaban J connectivity index is 2.19. The summed E-state index contributed by atoms with van der Waals surface area (Å²) in [5, 5.41) is 0.275. The first-order valence-corrected chi connectivity index (χ1v) is 7.60. The van der Waals surface area contributed by atoms with Gasteiger partial charge in [-0.15, -0.1) is 0 Å². The van der Waals surface area contributed by atoms with Crippen molar-refractivity contribution in [3.8, 4) is 17.2 Å². The lowest BCUT2D eigenvalue weighted by Gasteiger charge is -2.13. The second-order valence-electron chi connectivity index (χ2n) is 5.09. The van der Waals surface area contributed by atoms with Crippen LogP contribution in [0.2, 0.25) is 5.02 Å². The van der Waals surface area contributed by atoms with Crippen molar-refractivity contribution >= 4 is 17.6 Å². The molecule has 24 heavy (non-hydrogen) atoms. The number of aryl methyl sites for hydroxylation is 1. The van der Waals surface area contributed by atoms with Crippen LogP contribution in [-0.4, -0.2) is 27.3 Å². The first-order chi connectivity index (χ1) is 11.5. The van der Waals surface area contributed by atoms with Crippen molar-refractivity contribution in [1.82, 2.24) is 0 Å². The highest BCUT2D eigenvalue weighted by Gasteiger charge is 2.17. The smallest absolute Gasteiger partial charge is 0.338 e. The number of hydrogen-bond donors (Lipinski definition) is 0. The SMILES string of the molecule is COc1ccc(C)cc1COC(=O)c1cc(Cl)c(OC)c(OC)c1. The molecular formula is C18H19ClO5. The van der Waals surface area contributed by atoms with Gasteiger partial charge in [0.1, 0.15) is 12.4 Å². The van der Waals surface area contributed by atoms with Gasteiger partial charge in [0.25, 0.3) is 0 Å². The molecule has 0 aromatic heterocycles. The second kappa shape index (κ2) is 7.93. The summed E-state index contributed by atoms with van der Waals surface area (Å²) >= 11 is 6.11. The van der Waals surface area contributed by atoms with Crippen LogP contribution in [0.4, 0.5) is 0 Å². The molecule has 0 N–H and O–H groups in total. The van der Waals surface area contributed by atoms with Crippen LogP contribution in [0.5, 0.6) is 17.2 Å². The quantitative estimate of drug-likeness (QED) is 0.736. The number of halogens is 1. The van der Waals surface area contributed by atoms with Crippen LogP contribution in [0.15, 0.2) is 30.3 Å². The molecule has 0 atom stereocenters. The molecule has 128 valence electrons. The predicted octanol–water partition coefficient (Wildman–Crippen LogP) is 4.03. The molecule has 0 aliphatic rings. The number of benzene rings is 2. The molecule has 0 saturated carbocycles. The fourth-order valence-electron chi connectivity index (χ4n) is 2.28. The third-order valence-corrected chi connectivity index (χ3v) is 3.74. The van der Waals surface area contributed by atoms with E-state index in [9.17, 15) is 4.79 Å². The van der Waals surface area contributed by atoms with Crippen molar-refractivity contribution in [1.29, 1.82) is 0 Å². The topological polar surface area (TPSA) is 54.0 Å². The molecule has 0 bridgehead atoms. The Morgan fingerprint density at radius 3 is 2.33 bits per heavy atom. The molecule has 0 amide bonds. The molecule has 0 radical (unpaired) electrons. The van der Waals surface area contributed by atoms with Gasteiger partial charge in [0.2, 0.25) is 0 Å². The molecular weight excluding hydrogens is 332 g/mol. The first kappa shape index (κ1) is 17.9. The lowest BCUT2D eigenvalue weighted by molar-refractivity contribution is 0.0469. The van der Waals surface area contributed by atoms with Gasteiger partial charge in [-0.2, -0.15) is 0 Å². The van der Waals surface area contributed by atoms with Gasteiger partial charge in [0.05, 0.1) is 31.9 Å². The summed E-state index contributed by atoms with van der Waals surface area (Å²) in [6, 6.07) is 8.69. The molecule has 5 nitrogen and oxygen atoms in total. The van der Waals surface area contributed by atoms with Crippen LogP contribution in [0.3, 0.4) is 0 Å². The molecule has 0 saturated heterocycles. The van der Waals surface area contributed by atoms with Gasteiger partial charge in [-0.25, -0.2) is 4.79 Å².